The van der Waals surface area contributed by atoms with Crippen LogP contribution < -0.4 is 0 Å². The molecule has 0 atom stereocenters. The highest BCUT2D eigenvalue weighted by atomic mass is 28.3. The Labute approximate surface area is 213 Å². The van der Waals surface area contributed by atoms with Crippen LogP contribution in [0, 0.1) is 0 Å². The van der Waals surface area contributed by atoms with E-state index in [9.17, 15) is 0 Å². The minimum Gasteiger partial charge on any atom is -0.0981 e. The Morgan fingerprint density at radius 1 is 0.364 bits per heavy atom. The molecular formula is C32H66Si. The van der Waals surface area contributed by atoms with Gasteiger partial charge in [-0.3, -0.25) is 0 Å². The van der Waals surface area contributed by atoms with Gasteiger partial charge in [0.05, 0.1) is 8.07 Å². The number of allylic oxidation sites excluding steroid dienone is 1. The zero-order chi connectivity index (χ0) is 24.3. The Morgan fingerprint density at radius 3 is 1.03 bits per heavy atom. The average molecular weight is 479 g/mol. The average Bonchev–Trinajstić information content (AvgIpc) is 2.83. The molecule has 0 radical (unpaired) electrons. The molecule has 0 aliphatic carbocycles. The SMILES string of the molecule is CCCCCC/C=C/[Si](CCCCCCCC)(CCCCCCCC)CCCCCCCC. The molecule has 1 heteroatoms. The minimum absolute atomic E-state index is 1.25. The standard InChI is InChI=1S/C32H66Si/c1-5-9-13-17-21-25-29-33(30-26-22-18-14-10-6-2,31-27-23-19-15-11-7-3)32-28-24-20-16-12-8-4/h25,29H,5-24,26-28,30-32H2,1-4H3/b29-25+. The first-order valence-electron chi connectivity index (χ1n) is 15.9. The number of hydrogen-bond acceptors (Lipinski definition) is 0. The molecule has 0 amide bonds. The van der Waals surface area contributed by atoms with E-state index in [1.54, 1.807) is 18.1 Å². The maximum Gasteiger partial charge on any atom is 0.0774 e. The van der Waals surface area contributed by atoms with E-state index < -0.39 is 8.07 Å². The molecule has 0 spiro atoms. The molecule has 0 saturated heterocycles. The summed E-state index contributed by atoms with van der Waals surface area (Å²) in [7, 11) is -1.25. The Hall–Kier alpha value is -0.0431. The van der Waals surface area contributed by atoms with Crippen molar-refractivity contribution >= 4 is 8.07 Å². The van der Waals surface area contributed by atoms with Crippen LogP contribution in [0.25, 0.3) is 0 Å². The molecule has 0 fully saturated rings. The third kappa shape index (κ3) is 22.2. The van der Waals surface area contributed by atoms with Gasteiger partial charge >= 0.3 is 0 Å². The molecule has 0 saturated carbocycles. The quantitative estimate of drug-likeness (QED) is 0.0813. The van der Waals surface area contributed by atoms with Gasteiger partial charge in [-0.05, 0) is 12.8 Å². The lowest BCUT2D eigenvalue weighted by atomic mass is 10.1. The first kappa shape index (κ1) is 33.0. The van der Waals surface area contributed by atoms with Crippen molar-refractivity contribution in [1.29, 1.82) is 0 Å². The summed E-state index contributed by atoms with van der Waals surface area (Å²) in [6.07, 6.45) is 35.9. The summed E-state index contributed by atoms with van der Waals surface area (Å²) in [6.45, 7) is 9.34. The third-order valence-electron chi connectivity index (χ3n) is 7.78. The van der Waals surface area contributed by atoms with Crippen LogP contribution in [-0.2, 0) is 0 Å². The molecule has 198 valence electrons. The smallest absolute Gasteiger partial charge is 0.0774 e. The second-order valence-corrected chi connectivity index (χ2v) is 15.7. The van der Waals surface area contributed by atoms with Crippen molar-refractivity contribution in [1.82, 2.24) is 0 Å². The van der Waals surface area contributed by atoms with E-state index in [0.717, 1.165) is 0 Å². The lowest BCUT2D eigenvalue weighted by molar-refractivity contribution is 0.607. The van der Waals surface area contributed by atoms with E-state index in [1.807, 2.05) is 0 Å². The zero-order valence-corrected chi connectivity index (χ0v) is 25.0. The van der Waals surface area contributed by atoms with Crippen LogP contribution in [0.2, 0.25) is 18.1 Å². The van der Waals surface area contributed by atoms with Gasteiger partial charge in [0.2, 0.25) is 0 Å². The predicted octanol–water partition coefficient (Wildman–Crippen LogP) is 12.6. The van der Waals surface area contributed by atoms with Gasteiger partial charge in [0.15, 0.2) is 0 Å². The summed E-state index contributed by atoms with van der Waals surface area (Å²) in [6, 6.07) is 4.78. The highest BCUT2D eigenvalue weighted by Gasteiger charge is 2.28. The Bertz CT molecular complexity index is 345. The molecule has 0 bridgehead atoms. The Morgan fingerprint density at radius 2 is 0.667 bits per heavy atom. The third-order valence-corrected chi connectivity index (χ3v) is 12.8. The van der Waals surface area contributed by atoms with Crippen molar-refractivity contribution in [2.45, 2.75) is 194 Å². The van der Waals surface area contributed by atoms with Gasteiger partial charge in [0.25, 0.3) is 0 Å². The topological polar surface area (TPSA) is 0 Å². The minimum atomic E-state index is -1.25. The van der Waals surface area contributed by atoms with E-state index in [1.165, 1.54) is 148 Å². The monoisotopic (exact) mass is 478 g/mol. The second kappa shape index (κ2) is 26.6. The molecule has 0 nitrogen and oxygen atoms in total. The predicted molar refractivity (Wildman–Crippen MR) is 158 cm³/mol. The number of rotatable bonds is 27. The lowest BCUT2D eigenvalue weighted by Gasteiger charge is -2.29. The van der Waals surface area contributed by atoms with Crippen molar-refractivity contribution in [3.63, 3.8) is 0 Å². The number of hydrogen-bond donors (Lipinski definition) is 0. The Kier molecular flexibility index (Phi) is 26.5. The highest BCUT2D eigenvalue weighted by molar-refractivity contribution is 6.84. The lowest BCUT2D eigenvalue weighted by Crippen LogP contribution is -2.32. The maximum absolute atomic E-state index is 2.89. The molecular weight excluding hydrogens is 412 g/mol. The molecule has 0 unspecified atom stereocenters. The molecule has 0 rings (SSSR count). The summed E-state index contributed by atoms with van der Waals surface area (Å²) >= 11 is 0. The van der Waals surface area contributed by atoms with Crippen molar-refractivity contribution in [3.8, 4) is 0 Å². The summed E-state index contributed by atoms with van der Waals surface area (Å²) in [5.74, 6) is 0. The first-order valence-corrected chi connectivity index (χ1v) is 18.6. The van der Waals surface area contributed by atoms with Crippen molar-refractivity contribution in [3.05, 3.63) is 11.8 Å². The normalized spacial score (nSPS) is 12.2. The van der Waals surface area contributed by atoms with Gasteiger partial charge in [-0.15, -0.1) is 0 Å². The van der Waals surface area contributed by atoms with Crippen LogP contribution in [0.15, 0.2) is 11.8 Å². The summed E-state index contributed by atoms with van der Waals surface area (Å²) < 4.78 is 0. The van der Waals surface area contributed by atoms with Gasteiger partial charge in [0, 0.05) is 0 Å². The van der Waals surface area contributed by atoms with Crippen LogP contribution in [0.5, 0.6) is 0 Å². The highest BCUT2D eigenvalue weighted by Crippen LogP contribution is 2.31. The Balaban J connectivity index is 4.86. The summed E-state index contributed by atoms with van der Waals surface area (Å²) in [4.78, 5) is 0. The van der Waals surface area contributed by atoms with Crippen LogP contribution in [0.1, 0.15) is 175 Å². The van der Waals surface area contributed by atoms with Crippen molar-refractivity contribution < 1.29 is 0 Å². The van der Waals surface area contributed by atoms with Crippen LogP contribution in [0.3, 0.4) is 0 Å². The fraction of sp³-hybridized carbons (Fsp3) is 0.938. The summed E-state index contributed by atoms with van der Waals surface area (Å²) in [5, 5.41) is 0. The molecule has 0 aromatic carbocycles. The fourth-order valence-corrected chi connectivity index (χ4v) is 10.2. The van der Waals surface area contributed by atoms with Crippen LogP contribution in [0.4, 0.5) is 0 Å². The second-order valence-electron chi connectivity index (χ2n) is 11.2. The number of unbranched alkanes of at least 4 members (excludes halogenated alkanes) is 19. The molecule has 0 heterocycles. The van der Waals surface area contributed by atoms with Gasteiger partial charge in [-0.2, -0.15) is 0 Å². The zero-order valence-electron chi connectivity index (χ0n) is 24.0. The fourth-order valence-electron chi connectivity index (χ4n) is 5.42. The molecule has 0 aliphatic rings. The van der Waals surface area contributed by atoms with E-state index in [2.05, 4.69) is 39.5 Å². The van der Waals surface area contributed by atoms with E-state index in [-0.39, 0.29) is 0 Å². The van der Waals surface area contributed by atoms with Crippen molar-refractivity contribution in [2.24, 2.45) is 0 Å². The molecule has 0 aromatic heterocycles. The van der Waals surface area contributed by atoms with Gasteiger partial charge in [-0.1, -0.05) is 192 Å². The summed E-state index contributed by atoms with van der Waals surface area (Å²) in [5.41, 5.74) is 2.89. The van der Waals surface area contributed by atoms with Gasteiger partial charge < -0.3 is 0 Å². The molecule has 0 aromatic rings. The van der Waals surface area contributed by atoms with E-state index in [0.29, 0.717) is 0 Å². The van der Waals surface area contributed by atoms with Crippen LogP contribution >= 0.6 is 0 Å². The molecule has 33 heavy (non-hydrogen) atoms. The largest absolute Gasteiger partial charge is 0.0981 e. The first-order chi connectivity index (χ1) is 16.2. The van der Waals surface area contributed by atoms with Crippen molar-refractivity contribution in [2.75, 3.05) is 0 Å². The van der Waals surface area contributed by atoms with Crippen LogP contribution in [-0.4, -0.2) is 8.07 Å². The van der Waals surface area contributed by atoms with Gasteiger partial charge in [-0.25, -0.2) is 0 Å². The van der Waals surface area contributed by atoms with Gasteiger partial charge in [0.1, 0.15) is 0 Å². The maximum atomic E-state index is 2.89. The molecule has 0 N–H and O–H groups in total. The van der Waals surface area contributed by atoms with E-state index >= 15 is 0 Å². The molecule has 0 aliphatic heterocycles. The van der Waals surface area contributed by atoms with E-state index in [4.69, 9.17) is 0 Å².